The van der Waals surface area contributed by atoms with Gasteiger partial charge in [0.1, 0.15) is 0 Å². The number of hydrogen-bond acceptors (Lipinski definition) is 4. The Hall–Kier alpha value is -1.13. The number of nitriles is 1. The van der Waals surface area contributed by atoms with Crippen LogP contribution >= 0.6 is 11.3 Å². The number of halogens is 3. The summed E-state index contributed by atoms with van der Waals surface area (Å²) in [6, 6.07) is 1.03. The first-order valence-corrected chi connectivity index (χ1v) is 6.21. The number of aryl methyl sites for hydroxylation is 2. The molecule has 1 aromatic rings. The number of nitrogens with zero attached hydrogens (tertiary/aromatic N) is 2. The molecule has 1 N–H and O–H groups in total. The molecule has 0 bridgehead atoms. The molecular weight excluding hydrogens is 263 g/mol. The van der Waals surface area contributed by atoms with Crippen LogP contribution in [0.3, 0.4) is 0 Å². The molecule has 0 saturated heterocycles. The normalized spacial score (nSPS) is 15.2. The molecule has 3 nitrogen and oxygen atoms in total. The van der Waals surface area contributed by atoms with Crippen molar-refractivity contribution in [1.29, 1.82) is 5.26 Å². The minimum atomic E-state index is -4.49. The molecule has 7 heteroatoms. The van der Waals surface area contributed by atoms with E-state index in [0.29, 0.717) is 0 Å². The van der Waals surface area contributed by atoms with Gasteiger partial charge in [-0.25, -0.2) is 4.98 Å². The molecule has 0 fully saturated rings. The molecular formula is C11H14F3N3S. The highest BCUT2D eigenvalue weighted by atomic mass is 32.1. The molecule has 1 rings (SSSR count). The smallest absolute Gasteiger partial charge is 0.308 e. The second kappa shape index (κ2) is 5.67. The molecule has 0 aromatic carbocycles. The summed E-state index contributed by atoms with van der Waals surface area (Å²) < 4.78 is 37.2. The SMILES string of the molecule is Cc1nc(C)c(C(C)NCC(C#N)C(F)(F)F)s1. The number of alkyl halides is 3. The van der Waals surface area contributed by atoms with Gasteiger partial charge < -0.3 is 5.32 Å². The number of rotatable bonds is 4. The first kappa shape index (κ1) is 14.9. The third-order valence-electron chi connectivity index (χ3n) is 2.51. The number of nitrogens with one attached hydrogen (secondary N) is 1. The summed E-state index contributed by atoms with van der Waals surface area (Å²) in [5.74, 6) is -1.98. The number of thiazole rings is 1. The molecule has 0 radical (unpaired) electrons. The third kappa shape index (κ3) is 3.68. The van der Waals surface area contributed by atoms with E-state index in [0.717, 1.165) is 15.6 Å². The van der Waals surface area contributed by atoms with Crippen LogP contribution in [0.4, 0.5) is 13.2 Å². The highest BCUT2D eigenvalue weighted by Crippen LogP contribution is 2.27. The lowest BCUT2D eigenvalue weighted by Crippen LogP contribution is -2.33. The van der Waals surface area contributed by atoms with Crippen molar-refractivity contribution in [3.63, 3.8) is 0 Å². The van der Waals surface area contributed by atoms with E-state index >= 15 is 0 Å². The predicted molar refractivity (Wildman–Crippen MR) is 63.2 cm³/mol. The summed E-state index contributed by atoms with van der Waals surface area (Å²) in [6.45, 7) is 5.03. The van der Waals surface area contributed by atoms with E-state index in [1.807, 2.05) is 13.8 Å². The molecule has 0 spiro atoms. The van der Waals surface area contributed by atoms with Crippen LogP contribution in [-0.4, -0.2) is 17.7 Å². The van der Waals surface area contributed by atoms with Gasteiger partial charge in [0.05, 0.1) is 16.8 Å². The lowest BCUT2D eigenvalue weighted by molar-refractivity contribution is -0.157. The van der Waals surface area contributed by atoms with Gasteiger partial charge >= 0.3 is 6.18 Å². The van der Waals surface area contributed by atoms with Crippen molar-refractivity contribution in [2.24, 2.45) is 5.92 Å². The van der Waals surface area contributed by atoms with E-state index in [-0.39, 0.29) is 6.04 Å². The van der Waals surface area contributed by atoms with Crippen molar-refractivity contribution in [2.75, 3.05) is 6.54 Å². The number of aromatic nitrogens is 1. The van der Waals surface area contributed by atoms with Crippen molar-refractivity contribution in [1.82, 2.24) is 10.3 Å². The van der Waals surface area contributed by atoms with Crippen molar-refractivity contribution >= 4 is 11.3 Å². The van der Waals surface area contributed by atoms with Crippen LogP contribution in [0.15, 0.2) is 0 Å². The van der Waals surface area contributed by atoms with E-state index in [1.54, 1.807) is 6.92 Å². The summed E-state index contributed by atoms with van der Waals surface area (Å²) in [5, 5.41) is 12.1. The lowest BCUT2D eigenvalue weighted by Gasteiger charge is -2.17. The van der Waals surface area contributed by atoms with Gasteiger partial charge in [0.15, 0.2) is 5.92 Å². The van der Waals surface area contributed by atoms with Crippen LogP contribution in [0, 0.1) is 31.1 Å². The Morgan fingerprint density at radius 2 is 2.06 bits per heavy atom. The predicted octanol–water partition coefficient (Wildman–Crippen LogP) is 3.11. The minimum Gasteiger partial charge on any atom is -0.308 e. The Kier molecular flexibility index (Phi) is 4.71. The highest BCUT2D eigenvalue weighted by Gasteiger charge is 2.39. The standard InChI is InChI=1S/C11H14F3N3S/c1-6(10-7(2)17-8(3)18-10)16-5-9(4-15)11(12,13)14/h6,9,16H,5H2,1-3H3. The molecule has 0 aliphatic rings. The molecule has 2 unspecified atom stereocenters. The number of hydrogen-bond donors (Lipinski definition) is 1. The van der Waals surface area contributed by atoms with E-state index < -0.39 is 18.6 Å². The molecule has 0 aliphatic heterocycles. The summed E-state index contributed by atoms with van der Waals surface area (Å²) in [4.78, 5) is 5.13. The maximum absolute atomic E-state index is 12.4. The third-order valence-corrected chi connectivity index (χ3v) is 3.77. The molecule has 0 amide bonds. The first-order chi connectivity index (χ1) is 8.25. The lowest BCUT2D eigenvalue weighted by atomic mass is 10.1. The fourth-order valence-corrected chi connectivity index (χ4v) is 2.52. The summed E-state index contributed by atoms with van der Waals surface area (Å²) in [5.41, 5.74) is 0.818. The van der Waals surface area contributed by atoms with Gasteiger partial charge in [0.2, 0.25) is 0 Å². The van der Waals surface area contributed by atoms with Gasteiger partial charge in [-0.1, -0.05) is 0 Å². The zero-order valence-corrected chi connectivity index (χ0v) is 11.1. The minimum absolute atomic E-state index is 0.241. The quantitative estimate of drug-likeness (QED) is 0.920. The monoisotopic (exact) mass is 277 g/mol. The molecule has 2 atom stereocenters. The Balaban J connectivity index is 2.64. The largest absolute Gasteiger partial charge is 0.405 e. The first-order valence-electron chi connectivity index (χ1n) is 5.39. The zero-order valence-electron chi connectivity index (χ0n) is 10.3. The van der Waals surface area contributed by atoms with Gasteiger partial charge in [-0.3, -0.25) is 0 Å². The van der Waals surface area contributed by atoms with Gasteiger partial charge in [0, 0.05) is 17.5 Å². The van der Waals surface area contributed by atoms with E-state index in [2.05, 4.69) is 10.3 Å². The van der Waals surface area contributed by atoms with Gasteiger partial charge in [0.25, 0.3) is 0 Å². The molecule has 1 heterocycles. The second-order valence-corrected chi connectivity index (χ2v) is 5.27. The highest BCUT2D eigenvalue weighted by molar-refractivity contribution is 7.11. The Bertz CT molecular complexity index is 447. The van der Waals surface area contributed by atoms with Crippen molar-refractivity contribution in [3.05, 3.63) is 15.6 Å². The summed E-state index contributed by atoms with van der Waals surface area (Å²) in [6.07, 6.45) is -4.49. The maximum atomic E-state index is 12.4. The molecule has 100 valence electrons. The van der Waals surface area contributed by atoms with Crippen LogP contribution in [0.1, 0.15) is 28.5 Å². The van der Waals surface area contributed by atoms with E-state index in [4.69, 9.17) is 5.26 Å². The van der Waals surface area contributed by atoms with Crippen LogP contribution in [0.2, 0.25) is 0 Å². The van der Waals surface area contributed by atoms with Crippen LogP contribution in [-0.2, 0) is 0 Å². The average molecular weight is 277 g/mol. The van der Waals surface area contributed by atoms with Gasteiger partial charge in [-0.2, -0.15) is 18.4 Å². The van der Waals surface area contributed by atoms with Crippen molar-refractivity contribution in [3.8, 4) is 6.07 Å². The summed E-state index contributed by atoms with van der Waals surface area (Å²) >= 11 is 1.45. The average Bonchev–Trinajstić information content (AvgIpc) is 2.56. The molecule has 1 aromatic heterocycles. The summed E-state index contributed by atoms with van der Waals surface area (Å²) in [7, 11) is 0. The van der Waals surface area contributed by atoms with Crippen molar-refractivity contribution < 1.29 is 13.2 Å². The maximum Gasteiger partial charge on any atom is 0.405 e. The fraction of sp³-hybridized carbons (Fsp3) is 0.636. The van der Waals surface area contributed by atoms with Crippen molar-refractivity contribution in [2.45, 2.75) is 33.0 Å². The Labute approximate surface area is 108 Å². The topological polar surface area (TPSA) is 48.7 Å². The van der Waals surface area contributed by atoms with Crippen LogP contribution in [0.5, 0.6) is 0 Å². The van der Waals surface area contributed by atoms with E-state index in [1.165, 1.54) is 17.4 Å². The van der Waals surface area contributed by atoms with Crippen LogP contribution in [0.25, 0.3) is 0 Å². The second-order valence-electron chi connectivity index (χ2n) is 4.04. The fourth-order valence-electron chi connectivity index (χ4n) is 1.57. The Morgan fingerprint density at radius 1 is 1.44 bits per heavy atom. The van der Waals surface area contributed by atoms with Gasteiger partial charge in [-0.15, -0.1) is 11.3 Å². The van der Waals surface area contributed by atoms with Gasteiger partial charge in [-0.05, 0) is 20.8 Å². The molecule has 18 heavy (non-hydrogen) atoms. The van der Waals surface area contributed by atoms with E-state index in [9.17, 15) is 13.2 Å². The van der Waals surface area contributed by atoms with Crippen LogP contribution < -0.4 is 5.32 Å². The molecule has 0 aliphatic carbocycles. The molecule has 0 saturated carbocycles. The Morgan fingerprint density at radius 3 is 2.44 bits per heavy atom. The zero-order chi connectivity index (χ0) is 13.9.